The topological polar surface area (TPSA) is 37.4 Å². The number of halogens is 1. The van der Waals surface area contributed by atoms with Gasteiger partial charge in [-0.3, -0.25) is 0 Å². The lowest BCUT2D eigenvalue weighted by Crippen LogP contribution is -2.35. The van der Waals surface area contributed by atoms with Gasteiger partial charge < -0.3 is 0 Å². The molecule has 0 aliphatic carbocycles. The fourth-order valence-corrected chi connectivity index (χ4v) is 5.77. The molecule has 0 aromatic carbocycles. The maximum atomic E-state index is 12.7. The highest BCUT2D eigenvalue weighted by molar-refractivity contribution is 7.91. The van der Waals surface area contributed by atoms with E-state index in [1.807, 2.05) is 31.4 Å². The van der Waals surface area contributed by atoms with E-state index in [1.165, 1.54) is 15.6 Å². The second kappa shape index (κ2) is 6.58. The molecule has 0 fully saturated rings. The zero-order valence-electron chi connectivity index (χ0n) is 11.2. The lowest BCUT2D eigenvalue weighted by Gasteiger charge is -2.24. The first-order valence-electron chi connectivity index (χ1n) is 6.14. The van der Waals surface area contributed by atoms with Gasteiger partial charge in [0.15, 0.2) is 0 Å². The van der Waals surface area contributed by atoms with Crippen molar-refractivity contribution in [2.24, 2.45) is 0 Å². The van der Waals surface area contributed by atoms with Crippen LogP contribution in [0.3, 0.4) is 0 Å². The SMILES string of the molecule is CC(C)N(Cc1cccs1)S(=O)(=O)c1ccc(CCl)s1. The van der Waals surface area contributed by atoms with Crippen molar-refractivity contribution in [2.45, 2.75) is 36.5 Å². The van der Waals surface area contributed by atoms with Crippen LogP contribution in [-0.2, 0) is 22.4 Å². The highest BCUT2D eigenvalue weighted by Gasteiger charge is 2.28. The number of sulfonamides is 1. The van der Waals surface area contributed by atoms with Crippen molar-refractivity contribution in [3.8, 4) is 0 Å². The highest BCUT2D eigenvalue weighted by Crippen LogP contribution is 2.28. The van der Waals surface area contributed by atoms with Crippen LogP contribution in [0.1, 0.15) is 23.6 Å². The molecule has 20 heavy (non-hydrogen) atoms. The lowest BCUT2D eigenvalue weighted by molar-refractivity contribution is 0.351. The third-order valence-corrected chi connectivity index (χ3v) is 7.68. The van der Waals surface area contributed by atoms with Gasteiger partial charge in [0.1, 0.15) is 4.21 Å². The van der Waals surface area contributed by atoms with Crippen molar-refractivity contribution >= 4 is 44.3 Å². The average molecular weight is 350 g/mol. The first-order valence-corrected chi connectivity index (χ1v) is 9.81. The molecular formula is C13H16ClNO2S3. The second-order valence-corrected chi connectivity index (χ2v) is 9.16. The van der Waals surface area contributed by atoms with Gasteiger partial charge in [0.05, 0.1) is 5.88 Å². The van der Waals surface area contributed by atoms with E-state index in [0.29, 0.717) is 16.6 Å². The quantitative estimate of drug-likeness (QED) is 0.735. The molecule has 0 saturated carbocycles. The predicted molar refractivity (Wildman–Crippen MR) is 86.1 cm³/mol. The van der Waals surface area contributed by atoms with Gasteiger partial charge in [0.25, 0.3) is 10.0 Å². The lowest BCUT2D eigenvalue weighted by atomic mass is 10.4. The molecule has 0 amide bonds. The number of rotatable bonds is 6. The van der Waals surface area contributed by atoms with Crippen molar-refractivity contribution in [3.05, 3.63) is 39.4 Å². The molecule has 110 valence electrons. The summed E-state index contributed by atoms with van der Waals surface area (Å²) in [6.07, 6.45) is 0. The monoisotopic (exact) mass is 349 g/mol. The summed E-state index contributed by atoms with van der Waals surface area (Å²) in [7, 11) is -3.47. The second-order valence-electron chi connectivity index (χ2n) is 4.58. The van der Waals surface area contributed by atoms with Crippen LogP contribution >= 0.6 is 34.3 Å². The van der Waals surface area contributed by atoms with E-state index in [9.17, 15) is 8.42 Å². The fourth-order valence-electron chi connectivity index (χ4n) is 1.79. The van der Waals surface area contributed by atoms with Gasteiger partial charge in [-0.05, 0) is 37.4 Å². The first-order chi connectivity index (χ1) is 9.45. The molecule has 0 radical (unpaired) electrons. The molecule has 2 heterocycles. The Morgan fingerprint density at radius 2 is 2.00 bits per heavy atom. The van der Waals surface area contributed by atoms with Gasteiger partial charge >= 0.3 is 0 Å². The summed E-state index contributed by atoms with van der Waals surface area (Å²) in [5.41, 5.74) is 0. The summed E-state index contributed by atoms with van der Waals surface area (Å²) in [5.74, 6) is 0.340. The molecule has 2 aromatic heterocycles. The number of nitrogens with zero attached hydrogens (tertiary/aromatic N) is 1. The largest absolute Gasteiger partial charge is 0.253 e. The van der Waals surface area contributed by atoms with E-state index in [2.05, 4.69) is 0 Å². The Kier molecular flexibility index (Phi) is 5.25. The molecule has 0 spiro atoms. The van der Waals surface area contributed by atoms with Crippen LogP contribution in [0.15, 0.2) is 33.9 Å². The summed E-state index contributed by atoms with van der Waals surface area (Å²) < 4.78 is 27.3. The number of hydrogen-bond donors (Lipinski definition) is 0. The zero-order valence-corrected chi connectivity index (χ0v) is 14.5. The summed E-state index contributed by atoms with van der Waals surface area (Å²) in [6, 6.07) is 7.20. The molecule has 2 aromatic rings. The molecule has 7 heteroatoms. The first kappa shape index (κ1) is 16.0. The molecule has 0 bridgehead atoms. The standard InChI is InChI=1S/C13H16ClNO2S3/c1-10(2)15(9-12-4-3-7-18-12)20(16,17)13-6-5-11(8-14)19-13/h3-7,10H,8-9H2,1-2H3. The van der Waals surface area contributed by atoms with Gasteiger partial charge in [-0.2, -0.15) is 4.31 Å². The van der Waals surface area contributed by atoms with Crippen molar-refractivity contribution in [3.63, 3.8) is 0 Å². The summed E-state index contributed by atoms with van der Waals surface area (Å²) in [5, 5.41) is 1.96. The van der Waals surface area contributed by atoms with E-state index < -0.39 is 10.0 Å². The minimum absolute atomic E-state index is 0.0938. The summed E-state index contributed by atoms with van der Waals surface area (Å²) in [6.45, 7) is 4.19. The van der Waals surface area contributed by atoms with E-state index >= 15 is 0 Å². The van der Waals surface area contributed by atoms with E-state index in [1.54, 1.807) is 23.5 Å². The Morgan fingerprint density at radius 3 is 2.50 bits per heavy atom. The van der Waals surface area contributed by atoms with Crippen LogP contribution in [0.4, 0.5) is 0 Å². The number of hydrogen-bond acceptors (Lipinski definition) is 4. The third-order valence-electron chi connectivity index (χ3n) is 2.80. The van der Waals surface area contributed by atoms with Gasteiger partial charge in [-0.15, -0.1) is 34.3 Å². The summed E-state index contributed by atoms with van der Waals surface area (Å²) in [4.78, 5) is 1.90. The number of alkyl halides is 1. The Hall–Kier alpha value is -0.400. The Balaban J connectivity index is 2.32. The van der Waals surface area contributed by atoms with Gasteiger partial charge in [0.2, 0.25) is 0 Å². The van der Waals surface area contributed by atoms with Crippen LogP contribution in [-0.4, -0.2) is 18.8 Å². The highest BCUT2D eigenvalue weighted by atomic mass is 35.5. The van der Waals surface area contributed by atoms with Crippen molar-refractivity contribution < 1.29 is 8.42 Å². The van der Waals surface area contributed by atoms with Crippen LogP contribution in [0.5, 0.6) is 0 Å². The minimum Gasteiger partial charge on any atom is -0.206 e. The smallest absolute Gasteiger partial charge is 0.206 e. The van der Waals surface area contributed by atoms with Gasteiger partial charge in [-0.25, -0.2) is 8.42 Å². The normalized spacial score (nSPS) is 12.4. The number of thiophene rings is 2. The Morgan fingerprint density at radius 1 is 1.25 bits per heavy atom. The van der Waals surface area contributed by atoms with E-state index in [0.717, 1.165) is 9.75 Å². The Bertz CT molecular complexity index is 647. The molecule has 0 aliphatic rings. The molecule has 2 rings (SSSR count). The molecule has 0 N–H and O–H groups in total. The van der Waals surface area contributed by atoms with Crippen LogP contribution in [0.25, 0.3) is 0 Å². The molecule has 0 atom stereocenters. The van der Waals surface area contributed by atoms with Crippen LogP contribution < -0.4 is 0 Å². The molecule has 3 nitrogen and oxygen atoms in total. The predicted octanol–water partition coefficient (Wildman–Crippen LogP) is 4.15. The van der Waals surface area contributed by atoms with Crippen molar-refractivity contribution in [2.75, 3.05) is 0 Å². The zero-order chi connectivity index (χ0) is 14.8. The molecular weight excluding hydrogens is 334 g/mol. The fraction of sp³-hybridized carbons (Fsp3) is 0.385. The maximum absolute atomic E-state index is 12.7. The van der Waals surface area contributed by atoms with Crippen molar-refractivity contribution in [1.82, 2.24) is 4.31 Å². The van der Waals surface area contributed by atoms with Crippen LogP contribution in [0, 0.1) is 0 Å². The average Bonchev–Trinajstić information content (AvgIpc) is 3.06. The molecule has 0 unspecified atom stereocenters. The van der Waals surface area contributed by atoms with Gasteiger partial charge in [-0.1, -0.05) is 6.07 Å². The Labute approximate surface area is 132 Å². The van der Waals surface area contributed by atoms with E-state index in [-0.39, 0.29) is 6.04 Å². The van der Waals surface area contributed by atoms with Gasteiger partial charge in [0, 0.05) is 22.3 Å². The molecule has 0 saturated heterocycles. The minimum atomic E-state index is -3.47. The van der Waals surface area contributed by atoms with E-state index in [4.69, 9.17) is 11.6 Å². The van der Waals surface area contributed by atoms with Crippen molar-refractivity contribution in [1.29, 1.82) is 0 Å². The molecule has 0 aliphatic heterocycles. The third kappa shape index (κ3) is 3.43. The maximum Gasteiger partial charge on any atom is 0.253 e. The van der Waals surface area contributed by atoms with Crippen LogP contribution in [0.2, 0.25) is 0 Å². The summed E-state index contributed by atoms with van der Waals surface area (Å²) >= 11 is 8.56.